The topological polar surface area (TPSA) is 86.3 Å². The van der Waals surface area contributed by atoms with E-state index in [9.17, 15) is 14.9 Å². The molecule has 6 nitrogen and oxygen atoms in total. The maximum atomic E-state index is 12.7. The lowest BCUT2D eigenvalue weighted by atomic mass is 10.1. The van der Waals surface area contributed by atoms with Gasteiger partial charge in [0.2, 0.25) is 0 Å². The first-order valence-corrected chi connectivity index (χ1v) is 10.5. The molecule has 1 fully saturated rings. The van der Waals surface area contributed by atoms with Crippen LogP contribution in [0.3, 0.4) is 0 Å². The average molecular weight is 466 g/mol. The van der Waals surface area contributed by atoms with E-state index in [4.69, 9.17) is 28.2 Å². The first kappa shape index (κ1) is 20.9. The molecule has 1 aliphatic rings. The van der Waals surface area contributed by atoms with Gasteiger partial charge < -0.3 is 4.42 Å². The Bertz CT molecular complexity index is 1280. The second-order valence-electron chi connectivity index (χ2n) is 6.32. The predicted molar refractivity (Wildman–Crippen MR) is 123 cm³/mol. The summed E-state index contributed by atoms with van der Waals surface area (Å²) in [5, 5.41) is 10.8. The zero-order valence-electron chi connectivity index (χ0n) is 15.7. The van der Waals surface area contributed by atoms with Crippen molar-refractivity contribution in [3.63, 3.8) is 0 Å². The van der Waals surface area contributed by atoms with Crippen molar-refractivity contribution in [1.29, 1.82) is 5.26 Å². The third-order valence-corrected chi connectivity index (χ3v) is 5.88. The Morgan fingerprint density at radius 1 is 1.16 bits per heavy atom. The van der Waals surface area contributed by atoms with E-state index in [1.54, 1.807) is 60.7 Å². The molecule has 152 valence electrons. The molecule has 1 aliphatic heterocycles. The molecular weight excluding hydrogens is 454 g/mol. The van der Waals surface area contributed by atoms with Crippen molar-refractivity contribution in [2.45, 2.75) is 0 Å². The van der Waals surface area contributed by atoms with Gasteiger partial charge in [0.1, 0.15) is 11.5 Å². The van der Waals surface area contributed by atoms with Gasteiger partial charge in [0, 0.05) is 22.2 Å². The minimum atomic E-state index is -0.484. The van der Waals surface area contributed by atoms with Crippen molar-refractivity contribution in [2.24, 2.45) is 0 Å². The van der Waals surface area contributed by atoms with Gasteiger partial charge in [-0.05, 0) is 60.7 Å². The van der Waals surface area contributed by atoms with E-state index < -0.39 is 11.8 Å². The standard InChI is InChI=1S/C22H12ClN3O3S2/c23-15-7-5-13(6-8-15)20(27)25-26-21(28)19(31-22(26)30)11-16-9-10-18(29-16)17-4-2-1-3-14(17)12-24/h1-11H,(H,25,27)/b19-11+. The van der Waals surface area contributed by atoms with Crippen LogP contribution in [0.2, 0.25) is 5.02 Å². The Kier molecular flexibility index (Phi) is 5.91. The molecule has 1 aromatic heterocycles. The van der Waals surface area contributed by atoms with E-state index in [1.807, 2.05) is 6.07 Å². The molecular formula is C22H12ClN3O3S2. The second kappa shape index (κ2) is 8.78. The molecule has 0 bridgehead atoms. The number of hydrogen-bond acceptors (Lipinski definition) is 6. The summed E-state index contributed by atoms with van der Waals surface area (Å²) in [4.78, 5) is 25.5. The summed E-state index contributed by atoms with van der Waals surface area (Å²) >= 11 is 12.1. The molecule has 0 atom stereocenters. The normalized spacial score (nSPS) is 14.7. The Morgan fingerprint density at radius 2 is 1.90 bits per heavy atom. The molecule has 1 N–H and O–H groups in total. The van der Waals surface area contributed by atoms with Gasteiger partial charge in [-0.1, -0.05) is 35.5 Å². The number of benzene rings is 2. The van der Waals surface area contributed by atoms with Crippen molar-refractivity contribution in [1.82, 2.24) is 10.4 Å². The summed E-state index contributed by atoms with van der Waals surface area (Å²) in [7, 11) is 0. The maximum Gasteiger partial charge on any atom is 0.285 e. The number of thioether (sulfide) groups is 1. The molecule has 0 aliphatic carbocycles. The lowest BCUT2D eigenvalue weighted by molar-refractivity contribution is -0.123. The van der Waals surface area contributed by atoms with Crippen LogP contribution in [0.4, 0.5) is 0 Å². The number of nitrogens with one attached hydrogen (secondary N) is 1. The van der Waals surface area contributed by atoms with Gasteiger partial charge in [0.15, 0.2) is 4.32 Å². The van der Waals surface area contributed by atoms with Gasteiger partial charge in [-0.15, -0.1) is 0 Å². The third kappa shape index (κ3) is 4.39. The van der Waals surface area contributed by atoms with E-state index >= 15 is 0 Å². The summed E-state index contributed by atoms with van der Waals surface area (Å²) in [6.45, 7) is 0. The number of halogens is 1. The number of hydrogen-bond donors (Lipinski definition) is 1. The Balaban J connectivity index is 1.52. The lowest BCUT2D eigenvalue weighted by Crippen LogP contribution is -2.44. The fourth-order valence-electron chi connectivity index (χ4n) is 2.83. The van der Waals surface area contributed by atoms with Crippen LogP contribution in [-0.4, -0.2) is 21.1 Å². The van der Waals surface area contributed by atoms with E-state index in [2.05, 4.69) is 11.5 Å². The molecule has 3 aromatic rings. The van der Waals surface area contributed by atoms with Gasteiger partial charge >= 0.3 is 0 Å². The smallest absolute Gasteiger partial charge is 0.285 e. The number of carbonyl (C=O) groups excluding carboxylic acids is 2. The highest BCUT2D eigenvalue weighted by Gasteiger charge is 2.34. The van der Waals surface area contributed by atoms with Crippen LogP contribution < -0.4 is 5.43 Å². The number of carbonyl (C=O) groups is 2. The monoisotopic (exact) mass is 465 g/mol. The van der Waals surface area contributed by atoms with Crippen LogP contribution in [0.5, 0.6) is 0 Å². The average Bonchev–Trinajstić information content (AvgIpc) is 3.34. The van der Waals surface area contributed by atoms with Crippen LogP contribution in [0.25, 0.3) is 17.4 Å². The molecule has 0 spiro atoms. The second-order valence-corrected chi connectivity index (χ2v) is 8.44. The molecule has 2 amide bonds. The Hall–Kier alpha value is -3.38. The molecule has 0 saturated carbocycles. The highest BCUT2D eigenvalue weighted by Crippen LogP contribution is 2.33. The van der Waals surface area contributed by atoms with Gasteiger partial charge in [-0.25, -0.2) is 0 Å². The summed E-state index contributed by atoms with van der Waals surface area (Å²) in [6.07, 6.45) is 1.55. The number of rotatable bonds is 4. The van der Waals surface area contributed by atoms with Crippen molar-refractivity contribution in [3.05, 3.63) is 87.5 Å². The lowest BCUT2D eigenvalue weighted by Gasteiger charge is -2.15. The number of nitrogens with zero attached hydrogens (tertiary/aromatic N) is 2. The number of thiocarbonyl (C=S) groups is 1. The summed E-state index contributed by atoms with van der Waals surface area (Å²) < 4.78 is 5.99. The Morgan fingerprint density at radius 3 is 2.65 bits per heavy atom. The van der Waals surface area contributed by atoms with E-state index in [1.165, 1.54) is 0 Å². The molecule has 31 heavy (non-hydrogen) atoms. The third-order valence-electron chi connectivity index (χ3n) is 4.33. The fraction of sp³-hybridized carbons (Fsp3) is 0. The number of hydrazine groups is 1. The molecule has 0 unspecified atom stereocenters. The quantitative estimate of drug-likeness (QED) is 0.430. The summed E-state index contributed by atoms with van der Waals surface area (Å²) in [6, 6.07) is 18.9. The summed E-state index contributed by atoms with van der Waals surface area (Å²) in [5.41, 5.74) is 4.00. The molecule has 4 rings (SSSR count). The zero-order valence-corrected chi connectivity index (χ0v) is 18.1. The van der Waals surface area contributed by atoms with Crippen LogP contribution in [-0.2, 0) is 4.79 Å². The van der Waals surface area contributed by atoms with Crippen LogP contribution >= 0.6 is 35.6 Å². The minimum Gasteiger partial charge on any atom is -0.457 e. The van der Waals surface area contributed by atoms with Gasteiger partial charge in [0.05, 0.1) is 16.5 Å². The molecule has 2 heterocycles. The number of nitriles is 1. The SMILES string of the molecule is N#Cc1ccccc1-c1ccc(/C=C2/SC(=S)N(NC(=O)c3ccc(Cl)cc3)C2=O)o1. The highest BCUT2D eigenvalue weighted by atomic mass is 35.5. The maximum absolute atomic E-state index is 12.7. The summed E-state index contributed by atoms with van der Waals surface area (Å²) in [5.74, 6) is -0.0162. The highest BCUT2D eigenvalue weighted by molar-refractivity contribution is 8.26. The molecule has 0 radical (unpaired) electrons. The van der Waals surface area contributed by atoms with Gasteiger partial charge in [0.25, 0.3) is 11.8 Å². The molecule has 9 heteroatoms. The molecule has 1 saturated heterocycles. The van der Waals surface area contributed by atoms with Crippen LogP contribution in [0.1, 0.15) is 21.7 Å². The van der Waals surface area contributed by atoms with Crippen molar-refractivity contribution in [2.75, 3.05) is 0 Å². The minimum absolute atomic E-state index is 0.195. The van der Waals surface area contributed by atoms with Gasteiger partial charge in [-0.3, -0.25) is 15.0 Å². The predicted octanol–water partition coefficient (Wildman–Crippen LogP) is 5.02. The van der Waals surface area contributed by atoms with E-state index in [-0.39, 0.29) is 4.32 Å². The van der Waals surface area contributed by atoms with Crippen molar-refractivity contribution < 1.29 is 14.0 Å². The number of amides is 2. The van der Waals surface area contributed by atoms with Gasteiger partial charge in [-0.2, -0.15) is 10.3 Å². The largest absolute Gasteiger partial charge is 0.457 e. The van der Waals surface area contributed by atoms with Crippen molar-refractivity contribution >= 4 is 57.8 Å². The van der Waals surface area contributed by atoms with E-state index in [0.29, 0.717) is 38.1 Å². The zero-order chi connectivity index (χ0) is 22.0. The Labute approximate surface area is 192 Å². The van der Waals surface area contributed by atoms with Crippen LogP contribution in [0.15, 0.2) is 70.0 Å². The van der Waals surface area contributed by atoms with Crippen LogP contribution in [0, 0.1) is 11.3 Å². The van der Waals surface area contributed by atoms with Crippen molar-refractivity contribution in [3.8, 4) is 17.4 Å². The van der Waals surface area contributed by atoms with E-state index in [0.717, 1.165) is 16.8 Å². The number of furan rings is 1. The fourth-order valence-corrected chi connectivity index (χ4v) is 4.12. The molecule has 2 aromatic carbocycles. The first-order valence-electron chi connectivity index (χ1n) is 8.90. The first-order chi connectivity index (χ1) is 15.0.